The summed E-state index contributed by atoms with van der Waals surface area (Å²) in [7, 11) is 3.43. The number of ether oxygens (including phenoxy) is 1. The summed E-state index contributed by atoms with van der Waals surface area (Å²) in [5.74, 6) is 1.61. The summed E-state index contributed by atoms with van der Waals surface area (Å²) in [4.78, 5) is 24.8. The molecule has 0 aliphatic rings. The number of ketones is 1. The van der Waals surface area contributed by atoms with Crippen LogP contribution in [0.1, 0.15) is 33.7 Å². The van der Waals surface area contributed by atoms with Gasteiger partial charge >= 0.3 is 0 Å². The zero-order valence-electron chi connectivity index (χ0n) is 18.1. The third-order valence-corrected chi connectivity index (χ3v) is 5.93. The summed E-state index contributed by atoms with van der Waals surface area (Å²) in [5, 5.41) is 12.0. The maximum Gasteiger partial charge on any atom is 0.224 e. The minimum atomic E-state index is -0.0689. The Balaban J connectivity index is 1.52. The fraction of sp³-hybridized carbons (Fsp3) is 0.304. The molecule has 1 N–H and O–H groups in total. The Morgan fingerprint density at radius 3 is 2.55 bits per heavy atom. The van der Waals surface area contributed by atoms with E-state index in [0.29, 0.717) is 35.1 Å². The molecule has 0 atom stereocenters. The van der Waals surface area contributed by atoms with E-state index in [0.717, 1.165) is 16.8 Å². The smallest absolute Gasteiger partial charge is 0.224 e. The molecule has 7 nitrogen and oxygen atoms in total. The first-order valence-electron chi connectivity index (χ1n) is 9.93. The van der Waals surface area contributed by atoms with Gasteiger partial charge in [-0.25, -0.2) is 0 Å². The lowest BCUT2D eigenvalue weighted by atomic mass is 10.1. The van der Waals surface area contributed by atoms with Crippen molar-refractivity contribution >= 4 is 29.1 Å². The van der Waals surface area contributed by atoms with Crippen LogP contribution in [0.15, 0.2) is 47.6 Å². The summed E-state index contributed by atoms with van der Waals surface area (Å²) in [6.45, 7) is 3.96. The van der Waals surface area contributed by atoms with Crippen molar-refractivity contribution < 1.29 is 14.3 Å². The average molecular weight is 439 g/mol. The molecule has 8 heteroatoms. The van der Waals surface area contributed by atoms with E-state index in [1.807, 2.05) is 43.7 Å². The van der Waals surface area contributed by atoms with Crippen LogP contribution in [0.4, 0.5) is 5.69 Å². The summed E-state index contributed by atoms with van der Waals surface area (Å²) in [6.07, 6.45) is 0.766. The molecule has 2 aromatic carbocycles. The standard InChI is InChI=1S/C23H26N4O3S/c1-15-5-6-16(2)19(13-15)24-22(29)12-11-21-25-26-23(27(21)3)31-14-20(28)17-7-9-18(30-4)10-8-17/h5-10,13H,11-12,14H2,1-4H3,(H,24,29). The fourth-order valence-corrected chi connectivity index (χ4v) is 3.81. The zero-order chi connectivity index (χ0) is 22.4. The number of methoxy groups -OCH3 is 1. The van der Waals surface area contributed by atoms with E-state index in [2.05, 4.69) is 15.5 Å². The maximum atomic E-state index is 12.4. The molecule has 0 spiro atoms. The van der Waals surface area contributed by atoms with Gasteiger partial charge in [0.05, 0.1) is 12.9 Å². The highest BCUT2D eigenvalue weighted by molar-refractivity contribution is 7.99. The molecule has 0 bridgehead atoms. The normalized spacial score (nSPS) is 10.7. The van der Waals surface area contributed by atoms with Gasteiger partial charge in [-0.2, -0.15) is 0 Å². The van der Waals surface area contributed by atoms with Crippen molar-refractivity contribution in [1.82, 2.24) is 14.8 Å². The molecule has 0 fully saturated rings. The molecule has 1 heterocycles. The topological polar surface area (TPSA) is 86.1 Å². The van der Waals surface area contributed by atoms with Crippen LogP contribution in [0.5, 0.6) is 5.75 Å². The first kappa shape index (κ1) is 22.6. The van der Waals surface area contributed by atoms with E-state index in [9.17, 15) is 9.59 Å². The van der Waals surface area contributed by atoms with Gasteiger partial charge in [-0.3, -0.25) is 9.59 Å². The summed E-state index contributed by atoms with van der Waals surface area (Å²) in [6, 6.07) is 13.0. The Labute approximate surface area is 186 Å². The third kappa shape index (κ3) is 5.95. The maximum absolute atomic E-state index is 12.4. The van der Waals surface area contributed by atoms with Gasteiger partial charge in [0.1, 0.15) is 11.6 Å². The molecule has 162 valence electrons. The van der Waals surface area contributed by atoms with E-state index in [-0.39, 0.29) is 17.4 Å². The number of hydrogen-bond acceptors (Lipinski definition) is 6. The van der Waals surface area contributed by atoms with Gasteiger partial charge in [0.2, 0.25) is 5.91 Å². The lowest BCUT2D eigenvalue weighted by Gasteiger charge is -2.09. The van der Waals surface area contributed by atoms with Crippen LogP contribution in [-0.2, 0) is 18.3 Å². The Morgan fingerprint density at radius 2 is 1.84 bits per heavy atom. The predicted octanol–water partition coefficient (Wildman–Crippen LogP) is 3.99. The van der Waals surface area contributed by atoms with Crippen molar-refractivity contribution in [3.05, 3.63) is 65.0 Å². The van der Waals surface area contributed by atoms with Crippen LogP contribution >= 0.6 is 11.8 Å². The number of benzene rings is 2. The van der Waals surface area contributed by atoms with Gasteiger partial charge in [0, 0.05) is 31.1 Å². The van der Waals surface area contributed by atoms with E-state index < -0.39 is 0 Å². The number of hydrogen-bond donors (Lipinski definition) is 1. The first-order valence-corrected chi connectivity index (χ1v) is 10.9. The number of amides is 1. The Kier molecular flexibility index (Phi) is 7.46. The molecular formula is C23H26N4O3S. The predicted molar refractivity (Wildman–Crippen MR) is 122 cm³/mol. The van der Waals surface area contributed by atoms with Crippen LogP contribution in [0, 0.1) is 13.8 Å². The molecule has 0 saturated heterocycles. The summed E-state index contributed by atoms with van der Waals surface area (Å²) >= 11 is 1.33. The van der Waals surface area contributed by atoms with Gasteiger partial charge in [0.25, 0.3) is 0 Å². The molecule has 0 radical (unpaired) electrons. The molecule has 1 aromatic heterocycles. The van der Waals surface area contributed by atoms with Gasteiger partial charge in [-0.1, -0.05) is 23.9 Å². The molecule has 3 rings (SSSR count). The van der Waals surface area contributed by atoms with Crippen LogP contribution < -0.4 is 10.1 Å². The lowest BCUT2D eigenvalue weighted by Crippen LogP contribution is -2.14. The molecule has 0 aliphatic carbocycles. The van der Waals surface area contributed by atoms with Crippen molar-refractivity contribution in [3.63, 3.8) is 0 Å². The van der Waals surface area contributed by atoms with Gasteiger partial charge in [-0.05, 0) is 55.3 Å². The van der Waals surface area contributed by atoms with Gasteiger partial charge < -0.3 is 14.6 Å². The minimum absolute atomic E-state index is 0.00473. The number of nitrogens with one attached hydrogen (secondary N) is 1. The number of Topliss-reactive ketones (excluding diaryl/α,β-unsaturated/α-hetero) is 1. The monoisotopic (exact) mass is 438 g/mol. The number of aryl methyl sites for hydroxylation is 3. The van der Waals surface area contributed by atoms with Crippen LogP contribution in [-0.4, -0.2) is 39.3 Å². The largest absolute Gasteiger partial charge is 0.497 e. The number of carbonyl (C=O) groups excluding carboxylic acids is 2. The van der Waals surface area contributed by atoms with Crippen LogP contribution in [0.3, 0.4) is 0 Å². The van der Waals surface area contributed by atoms with Crippen molar-refractivity contribution in [2.24, 2.45) is 7.05 Å². The number of anilines is 1. The summed E-state index contributed by atoms with van der Waals surface area (Å²) in [5.41, 5.74) is 3.58. The first-order chi connectivity index (χ1) is 14.9. The van der Waals surface area contributed by atoms with E-state index in [1.165, 1.54) is 11.8 Å². The number of thioether (sulfide) groups is 1. The van der Waals surface area contributed by atoms with Gasteiger partial charge in [-0.15, -0.1) is 10.2 Å². The Bertz CT molecular complexity index is 1080. The van der Waals surface area contributed by atoms with Crippen LogP contribution in [0.25, 0.3) is 0 Å². The second-order valence-electron chi connectivity index (χ2n) is 7.26. The number of nitrogens with zero attached hydrogens (tertiary/aromatic N) is 3. The van der Waals surface area contributed by atoms with Gasteiger partial charge in [0.15, 0.2) is 10.9 Å². The zero-order valence-corrected chi connectivity index (χ0v) is 19.0. The molecule has 31 heavy (non-hydrogen) atoms. The van der Waals surface area contributed by atoms with E-state index >= 15 is 0 Å². The molecule has 3 aromatic rings. The minimum Gasteiger partial charge on any atom is -0.497 e. The van der Waals surface area contributed by atoms with Crippen molar-refractivity contribution in [3.8, 4) is 5.75 Å². The second kappa shape index (κ2) is 10.3. The lowest BCUT2D eigenvalue weighted by molar-refractivity contribution is -0.116. The molecule has 0 aliphatic heterocycles. The number of rotatable bonds is 9. The average Bonchev–Trinajstić information content (AvgIpc) is 3.12. The van der Waals surface area contributed by atoms with E-state index in [1.54, 1.807) is 31.4 Å². The highest BCUT2D eigenvalue weighted by Gasteiger charge is 2.14. The van der Waals surface area contributed by atoms with E-state index in [4.69, 9.17) is 4.74 Å². The summed E-state index contributed by atoms with van der Waals surface area (Å²) < 4.78 is 6.94. The molecule has 0 unspecified atom stereocenters. The Morgan fingerprint density at radius 1 is 1.10 bits per heavy atom. The van der Waals surface area contributed by atoms with Crippen molar-refractivity contribution in [1.29, 1.82) is 0 Å². The molecule has 0 saturated carbocycles. The number of aromatic nitrogens is 3. The second-order valence-corrected chi connectivity index (χ2v) is 8.21. The highest BCUT2D eigenvalue weighted by Crippen LogP contribution is 2.20. The molecular weight excluding hydrogens is 412 g/mol. The Hall–Kier alpha value is -3.13. The highest BCUT2D eigenvalue weighted by atomic mass is 32.2. The quantitative estimate of drug-likeness (QED) is 0.402. The fourth-order valence-electron chi connectivity index (χ4n) is 2.99. The van der Waals surface area contributed by atoms with Crippen molar-refractivity contribution in [2.75, 3.05) is 18.2 Å². The number of carbonyl (C=O) groups is 2. The molecule has 1 amide bonds. The third-order valence-electron chi connectivity index (χ3n) is 4.91. The SMILES string of the molecule is COc1ccc(C(=O)CSc2nnc(CCC(=O)Nc3cc(C)ccc3C)n2C)cc1. The van der Waals surface area contributed by atoms with Crippen molar-refractivity contribution in [2.45, 2.75) is 31.8 Å². The van der Waals surface area contributed by atoms with Crippen LogP contribution in [0.2, 0.25) is 0 Å².